The van der Waals surface area contributed by atoms with Crippen molar-refractivity contribution in [1.29, 1.82) is 0 Å². The fraction of sp³-hybridized carbons (Fsp3) is 0.0638. The Hall–Kier alpha value is -7.30. The van der Waals surface area contributed by atoms with Gasteiger partial charge in [-0.05, 0) is 98.1 Å². The molecule has 7 heteroatoms. The molecule has 3 heterocycles. The Labute approximate surface area is 313 Å². The zero-order valence-electron chi connectivity index (χ0n) is 30.1. The minimum absolute atomic E-state index is 0.501. The van der Waals surface area contributed by atoms with Gasteiger partial charge in [0, 0.05) is 45.2 Å². The maximum Gasteiger partial charge on any atom is 0.190 e. The van der Waals surface area contributed by atoms with Crippen molar-refractivity contribution in [3.63, 3.8) is 0 Å². The summed E-state index contributed by atoms with van der Waals surface area (Å²) in [5, 5.41) is 12.0. The lowest BCUT2D eigenvalue weighted by atomic mass is 10.0. The standard InChI is InChI=1S/C47H35N7/c1-31-15-8-9-20-39(31)47-51-50-46(54(47)45-32(2)16-14-17-33(45)3)34-27-35(48-4)29-38(28-34)52(36-18-6-5-7-19-36)37-24-25-41-40-21-10-11-22-42(40)53(43(41)30-37)44-23-12-13-26-49-44/h5-30H,1-3H3. The number of nitrogens with zero attached hydrogens (tertiary/aromatic N) is 7. The van der Waals surface area contributed by atoms with Crippen molar-refractivity contribution in [3.8, 4) is 34.3 Å². The number of rotatable bonds is 7. The first-order valence-electron chi connectivity index (χ1n) is 17.9. The quantitative estimate of drug-likeness (QED) is 0.156. The molecule has 0 saturated heterocycles. The molecule has 7 nitrogen and oxygen atoms in total. The maximum atomic E-state index is 8.25. The highest BCUT2D eigenvalue weighted by molar-refractivity contribution is 6.10. The number of hydrogen-bond donors (Lipinski definition) is 0. The monoisotopic (exact) mass is 697 g/mol. The molecule has 0 aliphatic carbocycles. The zero-order valence-corrected chi connectivity index (χ0v) is 30.1. The summed E-state index contributed by atoms with van der Waals surface area (Å²) in [5.41, 5.74) is 11.5. The topological polar surface area (TPSA) is 56.1 Å². The summed E-state index contributed by atoms with van der Waals surface area (Å²) in [6.07, 6.45) is 1.83. The number of aryl methyl sites for hydroxylation is 3. The predicted octanol–water partition coefficient (Wildman–Crippen LogP) is 12.0. The van der Waals surface area contributed by atoms with E-state index in [1.807, 2.05) is 66.9 Å². The van der Waals surface area contributed by atoms with E-state index in [2.05, 4.69) is 131 Å². The first-order valence-corrected chi connectivity index (χ1v) is 17.9. The first-order chi connectivity index (χ1) is 26.5. The molecule has 9 rings (SSSR count). The smallest absolute Gasteiger partial charge is 0.190 e. The van der Waals surface area contributed by atoms with Crippen LogP contribution in [0.2, 0.25) is 0 Å². The molecule has 6 aromatic carbocycles. The van der Waals surface area contributed by atoms with E-state index in [-0.39, 0.29) is 0 Å². The van der Waals surface area contributed by atoms with Crippen LogP contribution in [0, 0.1) is 27.3 Å². The number of fused-ring (bicyclic) bond motifs is 3. The van der Waals surface area contributed by atoms with Crippen molar-refractivity contribution in [1.82, 2.24) is 24.3 Å². The molecule has 0 radical (unpaired) electrons. The van der Waals surface area contributed by atoms with Crippen LogP contribution in [-0.4, -0.2) is 24.3 Å². The van der Waals surface area contributed by atoms with Gasteiger partial charge < -0.3 is 4.90 Å². The van der Waals surface area contributed by atoms with Gasteiger partial charge in [-0.2, -0.15) is 0 Å². The molecule has 0 saturated carbocycles. The second-order valence-electron chi connectivity index (χ2n) is 13.5. The molecule has 0 bridgehead atoms. The maximum absolute atomic E-state index is 8.25. The summed E-state index contributed by atoms with van der Waals surface area (Å²) in [5.74, 6) is 2.26. The second kappa shape index (κ2) is 13.4. The van der Waals surface area contributed by atoms with Crippen LogP contribution in [0.25, 0.3) is 60.9 Å². The molecule has 0 unspecified atom stereocenters. The summed E-state index contributed by atoms with van der Waals surface area (Å²) in [6, 6.07) is 51.8. The van der Waals surface area contributed by atoms with Crippen LogP contribution in [0.4, 0.5) is 22.7 Å². The predicted molar refractivity (Wildman–Crippen MR) is 220 cm³/mol. The van der Waals surface area contributed by atoms with Crippen molar-refractivity contribution in [2.75, 3.05) is 4.90 Å². The number of hydrogen-bond acceptors (Lipinski definition) is 4. The van der Waals surface area contributed by atoms with E-state index in [9.17, 15) is 0 Å². The molecular weight excluding hydrogens is 663 g/mol. The summed E-state index contributed by atoms with van der Waals surface area (Å²) < 4.78 is 4.38. The number of anilines is 3. The summed E-state index contributed by atoms with van der Waals surface area (Å²) in [6.45, 7) is 14.6. The molecule has 0 spiro atoms. The van der Waals surface area contributed by atoms with Gasteiger partial charge in [-0.1, -0.05) is 91.0 Å². The van der Waals surface area contributed by atoms with Crippen LogP contribution in [0.3, 0.4) is 0 Å². The largest absolute Gasteiger partial charge is 0.312 e. The highest BCUT2D eigenvalue weighted by Crippen LogP contribution is 2.43. The molecule has 0 amide bonds. The lowest BCUT2D eigenvalue weighted by Gasteiger charge is -2.27. The molecule has 0 fully saturated rings. The van der Waals surface area contributed by atoms with E-state index in [1.165, 1.54) is 0 Å². The van der Waals surface area contributed by atoms with Crippen molar-refractivity contribution in [3.05, 3.63) is 186 Å². The minimum atomic E-state index is 0.501. The number of pyridine rings is 1. The Bertz CT molecular complexity index is 2860. The third kappa shape index (κ3) is 5.49. The van der Waals surface area contributed by atoms with Gasteiger partial charge in [0.1, 0.15) is 5.82 Å². The van der Waals surface area contributed by atoms with Gasteiger partial charge in [0.2, 0.25) is 0 Å². The van der Waals surface area contributed by atoms with E-state index in [4.69, 9.17) is 21.8 Å². The Morgan fingerprint density at radius 3 is 2.02 bits per heavy atom. The Morgan fingerprint density at radius 2 is 1.24 bits per heavy atom. The third-order valence-electron chi connectivity index (χ3n) is 10.1. The van der Waals surface area contributed by atoms with E-state index in [0.29, 0.717) is 11.5 Å². The number of benzene rings is 6. The van der Waals surface area contributed by atoms with Gasteiger partial charge in [-0.25, -0.2) is 9.83 Å². The molecule has 0 atom stereocenters. The average molecular weight is 698 g/mol. The van der Waals surface area contributed by atoms with Gasteiger partial charge in [0.25, 0.3) is 0 Å². The summed E-state index contributed by atoms with van der Waals surface area (Å²) in [4.78, 5) is 11.0. The zero-order chi connectivity index (χ0) is 36.8. The minimum Gasteiger partial charge on any atom is -0.312 e. The second-order valence-corrected chi connectivity index (χ2v) is 13.5. The highest BCUT2D eigenvalue weighted by Gasteiger charge is 2.24. The molecule has 54 heavy (non-hydrogen) atoms. The highest BCUT2D eigenvalue weighted by atomic mass is 15.3. The van der Waals surface area contributed by atoms with E-state index in [1.54, 1.807) is 0 Å². The van der Waals surface area contributed by atoms with Crippen molar-refractivity contribution < 1.29 is 0 Å². The first kappa shape index (κ1) is 32.6. The van der Waals surface area contributed by atoms with E-state index in [0.717, 1.165) is 84.0 Å². The van der Waals surface area contributed by atoms with E-state index >= 15 is 0 Å². The Morgan fingerprint density at radius 1 is 0.537 bits per heavy atom. The fourth-order valence-electron chi connectivity index (χ4n) is 7.61. The molecule has 0 aliphatic heterocycles. The van der Waals surface area contributed by atoms with Crippen LogP contribution in [-0.2, 0) is 0 Å². The lowest BCUT2D eigenvalue weighted by Crippen LogP contribution is -2.11. The van der Waals surface area contributed by atoms with Crippen LogP contribution in [0.5, 0.6) is 0 Å². The Balaban J connectivity index is 1.29. The van der Waals surface area contributed by atoms with Crippen LogP contribution < -0.4 is 4.90 Å². The number of aromatic nitrogens is 5. The van der Waals surface area contributed by atoms with Gasteiger partial charge in [-0.3, -0.25) is 9.13 Å². The van der Waals surface area contributed by atoms with Gasteiger partial charge in [0.15, 0.2) is 17.3 Å². The van der Waals surface area contributed by atoms with Crippen LogP contribution in [0.1, 0.15) is 16.7 Å². The molecule has 258 valence electrons. The van der Waals surface area contributed by atoms with Gasteiger partial charge in [-0.15, -0.1) is 10.2 Å². The van der Waals surface area contributed by atoms with E-state index < -0.39 is 0 Å². The fourth-order valence-corrected chi connectivity index (χ4v) is 7.61. The number of para-hydroxylation sites is 3. The lowest BCUT2D eigenvalue weighted by molar-refractivity contribution is 1.03. The molecule has 9 aromatic rings. The van der Waals surface area contributed by atoms with Crippen molar-refractivity contribution in [2.24, 2.45) is 0 Å². The normalized spacial score (nSPS) is 11.2. The molecule has 3 aromatic heterocycles. The van der Waals surface area contributed by atoms with Gasteiger partial charge >= 0.3 is 0 Å². The molecule has 0 N–H and O–H groups in total. The van der Waals surface area contributed by atoms with Crippen molar-refractivity contribution >= 4 is 44.6 Å². The molecule has 0 aliphatic rings. The van der Waals surface area contributed by atoms with Crippen LogP contribution >= 0.6 is 0 Å². The average Bonchev–Trinajstić information content (AvgIpc) is 3.78. The third-order valence-corrected chi connectivity index (χ3v) is 10.1. The Kier molecular flexibility index (Phi) is 8.06. The molecular formula is C47H35N7. The SMILES string of the molecule is [C-]#[N+]c1cc(-c2nnc(-c3ccccc3C)n2-c2c(C)cccc2C)cc(N(c2ccccc2)c2ccc3c4ccccc4n(-c4ccccn4)c3c2)c1. The summed E-state index contributed by atoms with van der Waals surface area (Å²) >= 11 is 0. The van der Waals surface area contributed by atoms with Crippen LogP contribution in [0.15, 0.2) is 158 Å². The van der Waals surface area contributed by atoms with Gasteiger partial charge in [0.05, 0.1) is 23.3 Å². The summed E-state index contributed by atoms with van der Waals surface area (Å²) in [7, 11) is 0. The van der Waals surface area contributed by atoms with Crippen molar-refractivity contribution in [2.45, 2.75) is 20.8 Å².